The molecule has 0 aromatic heterocycles. The molecule has 5 nitrogen and oxygen atoms in total. The summed E-state index contributed by atoms with van der Waals surface area (Å²) in [5.74, 6) is 0.276. The van der Waals surface area contributed by atoms with Crippen molar-refractivity contribution in [1.29, 1.82) is 5.26 Å². The highest BCUT2D eigenvalue weighted by Gasteiger charge is 2.21. The van der Waals surface area contributed by atoms with Gasteiger partial charge in [0, 0.05) is 26.8 Å². The molecule has 2 N–H and O–H groups in total. The van der Waals surface area contributed by atoms with E-state index in [1.807, 2.05) is 19.9 Å². The number of methoxy groups -OCH3 is 1. The minimum absolute atomic E-state index is 0.0917. The Bertz CT molecular complexity index is 261. The highest BCUT2D eigenvalue weighted by molar-refractivity contribution is 5.81. The van der Waals surface area contributed by atoms with E-state index in [-0.39, 0.29) is 5.91 Å². The van der Waals surface area contributed by atoms with Crippen molar-refractivity contribution in [1.82, 2.24) is 4.90 Å². The third kappa shape index (κ3) is 6.93. The van der Waals surface area contributed by atoms with Crippen LogP contribution in [0.3, 0.4) is 0 Å². The molecule has 1 amide bonds. The Morgan fingerprint density at radius 2 is 2.18 bits per heavy atom. The topological polar surface area (TPSA) is 79.3 Å². The van der Waals surface area contributed by atoms with Gasteiger partial charge < -0.3 is 15.4 Å². The summed E-state index contributed by atoms with van der Waals surface area (Å²) < 4.78 is 4.90. The first-order valence-electron chi connectivity index (χ1n) is 5.93. The Morgan fingerprint density at radius 1 is 1.53 bits per heavy atom. The van der Waals surface area contributed by atoms with Gasteiger partial charge in [0.15, 0.2) is 0 Å². The molecule has 0 aliphatic heterocycles. The van der Waals surface area contributed by atoms with E-state index in [9.17, 15) is 4.79 Å². The van der Waals surface area contributed by atoms with Crippen molar-refractivity contribution in [2.24, 2.45) is 11.7 Å². The first kappa shape index (κ1) is 15.9. The average Bonchev–Trinajstić information content (AvgIpc) is 2.29. The number of rotatable bonds is 8. The second-order valence-electron chi connectivity index (χ2n) is 4.47. The molecule has 17 heavy (non-hydrogen) atoms. The van der Waals surface area contributed by atoms with E-state index < -0.39 is 6.04 Å². The molecule has 0 fully saturated rings. The third-order valence-corrected chi connectivity index (χ3v) is 2.34. The normalized spacial score (nSPS) is 12.2. The van der Waals surface area contributed by atoms with Gasteiger partial charge in [-0.25, -0.2) is 0 Å². The van der Waals surface area contributed by atoms with Crippen LogP contribution < -0.4 is 5.73 Å². The van der Waals surface area contributed by atoms with E-state index >= 15 is 0 Å². The Hall–Kier alpha value is -1.12. The second-order valence-corrected chi connectivity index (χ2v) is 4.47. The van der Waals surface area contributed by atoms with Crippen LogP contribution in [0.5, 0.6) is 0 Å². The molecule has 0 radical (unpaired) electrons. The van der Waals surface area contributed by atoms with Gasteiger partial charge in [0.25, 0.3) is 0 Å². The number of carbonyl (C=O) groups excluding carboxylic acids is 1. The number of nitrogens with zero attached hydrogens (tertiary/aromatic N) is 2. The van der Waals surface area contributed by atoms with E-state index in [1.54, 1.807) is 12.0 Å². The number of nitriles is 1. The summed E-state index contributed by atoms with van der Waals surface area (Å²) in [7, 11) is 1.58. The maximum absolute atomic E-state index is 12.0. The van der Waals surface area contributed by atoms with Gasteiger partial charge in [0.1, 0.15) is 0 Å². The summed E-state index contributed by atoms with van der Waals surface area (Å²) in [5.41, 5.74) is 5.80. The van der Waals surface area contributed by atoms with Crippen LogP contribution in [0.25, 0.3) is 0 Å². The summed E-state index contributed by atoms with van der Waals surface area (Å²) in [5, 5.41) is 8.57. The summed E-state index contributed by atoms with van der Waals surface area (Å²) in [6.07, 6.45) is 0.853. The van der Waals surface area contributed by atoms with Crippen LogP contribution >= 0.6 is 0 Å². The quantitative estimate of drug-likeness (QED) is 0.680. The monoisotopic (exact) mass is 241 g/mol. The summed E-state index contributed by atoms with van der Waals surface area (Å²) in [4.78, 5) is 13.7. The number of hydrogen-bond acceptors (Lipinski definition) is 4. The molecule has 0 bridgehead atoms. The van der Waals surface area contributed by atoms with Gasteiger partial charge in [-0.05, 0) is 12.3 Å². The van der Waals surface area contributed by atoms with Gasteiger partial charge >= 0.3 is 0 Å². The molecule has 0 rings (SSSR count). The Morgan fingerprint density at radius 3 is 2.65 bits per heavy atom. The molecule has 0 aromatic carbocycles. The van der Waals surface area contributed by atoms with Crippen LogP contribution in [-0.2, 0) is 9.53 Å². The minimum Gasteiger partial charge on any atom is -0.385 e. The van der Waals surface area contributed by atoms with Crippen LogP contribution in [0.1, 0.15) is 26.7 Å². The van der Waals surface area contributed by atoms with Crippen molar-refractivity contribution in [2.45, 2.75) is 32.7 Å². The zero-order valence-corrected chi connectivity index (χ0v) is 11.0. The van der Waals surface area contributed by atoms with Gasteiger partial charge in [-0.3, -0.25) is 4.79 Å². The molecule has 98 valence electrons. The van der Waals surface area contributed by atoms with Crippen molar-refractivity contribution < 1.29 is 9.53 Å². The maximum atomic E-state index is 12.0. The minimum atomic E-state index is -0.535. The smallest absolute Gasteiger partial charge is 0.239 e. The molecule has 1 atom stereocenters. The third-order valence-electron chi connectivity index (χ3n) is 2.34. The lowest BCUT2D eigenvalue weighted by Crippen LogP contribution is -2.46. The molecular weight excluding hydrogens is 218 g/mol. The molecule has 1 unspecified atom stereocenters. The van der Waals surface area contributed by atoms with E-state index in [0.29, 0.717) is 38.5 Å². The number of ether oxygens (including phenoxy) is 1. The number of nitrogens with two attached hydrogens (primary N) is 1. The van der Waals surface area contributed by atoms with Gasteiger partial charge in [-0.15, -0.1) is 0 Å². The van der Waals surface area contributed by atoms with Gasteiger partial charge in [-0.1, -0.05) is 13.8 Å². The average molecular weight is 241 g/mol. The molecule has 0 heterocycles. The molecular formula is C12H23N3O2. The summed E-state index contributed by atoms with van der Waals surface area (Å²) >= 11 is 0. The van der Waals surface area contributed by atoms with E-state index in [0.717, 1.165) is 0 Å². The van der Waals surface area contributed by atoms with Gasteiger partial charge in [-0.2, -0.15) is 5.26 Å². The zero-order valence-electron chi connectivity index (χ0n) is 11.0. The largest absolute Gasteiger partial charge is 0.385 e. The van der Waals surface area contributed by atoms with Crippen LogP contribution in [0.2, 0.25) is 0 Å². The molecule has 5 heteroatoms. The van der Waals surface area contributed by atoms with Gasteiger partial charge in [0.05, 0.1) is 18.5 Å². The Balaban J connectivity index is 4.34. The van der Waals surface area contributed by atoms with Crippen LogP contribution in [0, 0.1) is 17.2 Å². The van der Waals surface area contributed by atoms with Crippen LogP contribution in [0.15, 0.2) is 0 Å². The standard InChI is InChI=1S/C12H23N3O2/c1-10(2)9-15(7-4-6-13)12(16)11(14)5-8-17-3/h10-11H,4-5,7-9,14H2,1-3H3. The first-order chi connectivity index (χ1) is 8.02. The van der Waals surface area contributed by atoms with E-state index in [4.69, 9.17) is 15.7 Å². The lowest BCUT2D eigenvalue weighted by Gasteiger charge is -2.26. The zero-order chi connectivity index (χ0) is 13.3. The lowest BCUT2D eigenvalue weighted by molar-refractivity contribution is -0.133. The maximum Gasteiger partial charge on any atom is 0.239 e. The lowest BCUT2D eigenvalue weighted by atomic mass is 10.1. The molecule has 0 aliphatic rings. The number of hydrogen-bond donors (Lipinski definition) is 1. The summed E-state index contributed by atoms with van der Waals surface area (Å²) in [6.45, 7) is 5.64. The fourth-order valence-corrected chi connectivity index (χ4v) is 1.52. The fraction of sp³-hybridized carbons (Fsp3) is 0.833. The van der Waals surface area contributed by atoms with Crippen molar-refractivity contribution in [3.63, 3.8) is 0 Å². The highest BCUT2D eigenvalue weighted by atomic mass is 16.5. The molecule has 0 saturated heterocycles. The molecule has 0 aliphatic carbocycles. The number of amides is 1. The van der Waals surface area contributed by atoms with Crippen LogP contribution in [-0.4, -0.2) is 43.7 Å². The van der Waals surface area contributed by atoms with Crippen molar-refractivity contribution in [3.8, 4) is 6.07 Å². The predicted octanol–water partition coefficient (Wildman–Crippen LogP) is 0.748. The Kier molecular flexibility index (Phi) is 8.38. The number of carbonyl (C=O) groups is 1. The van der Waals surface area contributed by atoms with Crippen LogP contribution in [0.4, 0.5) is 0 Å². The van der Waals surface area contributed by atoms with E-state index in [1.165, 1.54) is 0 Å². The predicted molar refractivity (Wildman–Crippen MR) is 66.1 cm³/mol. The highest BCUT2D eigenvalue weighted by Crippen LogP contribution is 2.04. The molecule has 0 spiro atoms. The fourth-order valence-electron chi connectivity index (χ4n) is 1.52. The van der Waals surface area contributed by atoms with Gasteiger partial charge in [0.2, 0.25) is 5.91 Å². The van der Waals surface area contributed by atoms with Crippen molar-refractivity contribution in [2.75, 3.05) is 26.8 Å². The first-order valence-corrected chi connectivity index (χ1v) is 5.93. The summed E-state index contributed by atoms with van der Waals surface area (Å²) in [6, 6.07) is 1.51. The molecule has 0 aromatic rings. The molecule has 0 saturated carbocycles. The van der Waals surface area contributed by atoms with E-state index in [2.05, 4.69) is 0 Å². The van der Waals surface area contributed by atoms with Crippen molar-refractivity contribution >= 4 is 5.91 Å². The second kappa shape index (κ2) is 8.97. The SMILES string of the molecule is COCCC(N)C(=O)N(CCC#N)CC(C)C. The van der Waals surface area contributed by atoms with Crippen molar-refractivity contribution in [3.05, 3.63) is 0 Å². The Labute approximate surface area is 104 Å².